The van der Waals surface area contributed by atoms with Crippen molar-refractivity contribution in [1.29, 1.82) is 0 Å². The predicted octanol–water partition coefficient (Wildman–Crippen LogP) is 4.54. The summed E-state index contributed by atoms with van der Waals surface area (Å²) < 4.78 is 63.3. The van der Waals surface area contributed by atoms with Gasteiger partial charge in [-0.3, -0.25) is 4.79 Å². The Hall–Kier alpha value is -2.06. The van der Waals surface area contributed by atoms with Crippen LogP contribution < -0.4 is 5.32 Å². The van der Waals surface area contributed by atoms with E-state index in [1.165, 1.54) is 31.2 Å². The second-order valence-electron chi connectivity index (χ2n) is 5.38. The fraction of sp³-hybridized carbons (Fsp3) is 0.188. The Morgan fingerprint density at radius 3 is 2.24 bits per heavy atom. The fourth-order valence-corrected chi connectivity index (χ4v) is 3.33. The minimum Gasteiger partial charge on any atom is -0.354 e. The van der Waals surface area contributed by atoms with E-state index in [2.05, 4.69) is 5.32 Å². The Morgan fingerprint density at radius 2 is 1.72 bits per heavy atom. The molecule has 25 heavy (non-hydrogen) atoms. The lowest BCUT2D eigenvalue weighted by Gasteiger charge is -2.17. The molecular formula is C16H13ClF3NO3S. The zero-order chi connectivity index (χ0) is 19.0. The van der Waals surface area contributed by atoms with Gasteiger partial charge in [0.2, 0.25) is 0 Å². The molecule has 0 amide bonds. The van der Waals surface area contributed by atoms with Gasteiger partial charge in [0.15, 0.2) is 9.84 Å². The highest BCUT2D eigenvalue weighted by molar-refractivity contribution is 7.90. The van der Waals surface area contributed by atoms with E-state index in [0.29, 0.717) is 5.56 Å². The zero-order valence-electron chi connectivity index (χ0n) is 13.1. The Kier molecular flexibility index (Phi) is 5.15. The zero-order valence-corrected chi connectivity index (χ0v) is 14.7. The Bertz CT molecular complexity index is 940. The highest BCUT2D eigenvalue weighted by Gasteiger charge is 2.33. The van der Waals surface area contributed by atoms with Gasteiger partial charge in [-0.25, -0.2) is 8.42 Å². The largest absolute Gasteiger partial charge is 0.418 e. The molecule has 0 spiro atoms. The second kappa shape index (κ2) is 6.68. The van der Waals surface area contributed by atoms with Crippen LogP contribution >= 0.6 is 11.6 Å². The van der Waals surface area contributed by atoms with E-state index < -0.39 is 26.8 Å². The normalized spacial score (nSPS) is 12.1. The molecule has 0 bridgehead atoms. The van der Waals surface area contributed by atoms with Crippen LogP contribution in [0.2, 0.25) is 0 Å². The summed E-state index contributed by atoms with van der Waals surface area (Å²) in [6.07, 6.45) is -3.73. The summed E-state index contributed by atoms with van der Waals surface area (Å²) >= 11 is 5.43. The standard InChI is InChI=1S/C16H13ClF3NO3S/c1-9-7-13(14(25(2,23)24)8-10(9)15(17)22)21-12-6-4-3-5-11(12)16(18,19)20/h3-8,21H,1-2H3. The first-order valence-corrected chi connectivity index (χ1v) is 9.16. The number of rotatable bonds is 4. The third kappa shape index (κ3) is 4.32. The van der Waals surface area contributed by atoms with Crippen LogP contribution in [0.25, 0.3) is 0 Å². The maximum Gasteiger partial charge on any atom is 0.418 e. The van der Waals surface area contributed by atoms with Crippen LogP contribution in [0, 0.1) is 6.92 Å². The lowest BCUT2D eigenvalue weighted by molar-refractivity contribution is -0.136. The van der Waals surface area contributed by atoms with E-state index >= 15 is 0 Å². The van der Waals surface area contributed by atoms with Gasteiger partial charge in [0, 0.05) is 11.8 Å². The third-order valence-electron chi connectivity index (χ3n) is 3.44. The maximum absolute atomic E-state index is 13.1. The van der Waals surface area contributed by atoms with Gasteiger partial charge in [0.1, 0.15) is 0 Å². The number of aryl methyl sites for hydroxylation is 1. The number of sulfone groups is 1. The highest BCUT2D eigenvalue weighted by atomic mass is 35.5. The maximum atomic E-state index is 13.1. The van der Waals surface area contributed by atoms with Gasteiger partial charge >= 0.3 is 6.18 Å². The van der Waals surface area contributed by atoms with Gasteiger partial charge in [-0.1, -0.05) is 12.1 Å². The molecule has 0 aliphatic rings. The summed E-state index contributed by atoms with van der Waals surface area (Å²) in [6, 6.07) is 7.02. The average molecular weight is 392 g/mol. The van der Waals surface area contributed by atoms with Gasteiger partial charge in [0.25, 0.3) is 5.24 Å². The molecule has 0 saturated carbocycles. The van der Waals surface area contributed by atoms with Crippen LogP contribution in [-0.2, 0) is 16.0 Å². The van der Waals surface area contributed by atoms with Crippen molar-refractivity contribution in [2.45, 2.75) is 18.0 Å². The average Bonchev–Trinajstić information content (AvgIpc) is 2.45. The summed E-state index contributed by atoms with van der Waals surface area (Å²) in [5, 5.41) is 1.65. The number of hydrogen-bond acceptors (Lipinski definition) is 4. The smallest absolute Gasteiger partial charge is 0.354 e. The van der Waals surface area contributed by atoms with E-state index in [0.717, 1.165) is 18.4 Å². The van der Waals surface area contributed by atoms with Crippen molar-refractivity contribution in [2.75, 3.05) is 11.6 Å². The highest BCUT2D eigenvalue weighted by Crippen LogP contribution is 2.37. The van der Waals surface area contributed by atoms with Crippen molar-refractivity contribution in [1.82, 2.24) is 0 Å². The molecule has 9 heteroatoms. The van der Waals surface area contributed by atoms with E-state index in [1.807, 2.05) is 0 Å². The molecule has 0 unspecified atom stereocenters. The van der Waals surface area contributed by atoms with E-state index in [1.54, 1.807) is 0 Å². The molecule has 134 valence electrons. The summed E-state index contributed by atoms with van der Waals surface area (Å²) in [7, 11) is -3.83. The molecule has 2 aromatic rings. The van der Waals surface area contributed by atoms with Gasteiger partial charge in [-0.05, 0) is 48.4 Å². The molecule has 0 aromatic heterocycles. The number of benzene rings is 2. The van der Waals surface area contributed by atoms with Crippen molar-refractivity contribution >= 4 is 38.1 Å². The van der Waals surface area contributed by atoms with E-state index in [-0.39, 0.29) is 21.8 Å². The predicted molar refractivity (Wildman–Crippen MR) is 89.2 cm³/mol. The van der Waals surface area contributed by atoms with Crippen molar-refractivity contribution in [3.63, 3.8) is 0 Å². The molecule has 0 radical (unpaired) electrons. The van der Waals surface area contributed by atoms with Crippen LogP contribution in [0.4, 0.5) is 24.5 Å². The lowest BCUT2D eigenvalue weighted by atomic mass is 10.1. The quantitative estimate of drug-likeness (QED) is 0.777. The Morgan fingerprint density at radius 1 is 1.12 bits per heavy atom. The molecule has 2 aromatic carbocycles. The number of carbonyl (C=O) groups excluding carboxylic acids is 1. The van der Waals surface area contributed by atoms with E-state index in [9.17, 15) is 26.4 Å². The Labute approximate surface area is 147 Å². The molecule has 0 heterocycles. The molecular weight excluding hydrogens is 379 g/mol. The molecule has 1 N–H and O–H groups in total. The monoisotopic (exact) mass is 391 g/mol. The van der Waals surface area contributed by atoms with Crippen LogP contribution in [-0.4, -0.2) is 19.9 Å². The number of nitrogens with one attached hydrogen (secondary N) is 1. The topological polar surface area (TPSA) is 63.2 Å². The number of halogens is 4. The van der Waals surface area contributed by atoms with Crippen molar-refractivity contribution in [3.05, 3.63) is 53.1 Å². The van der Waals surface area contributed by atoms with Crippen molar-refractivity contribution < 1.29 is 26.4 Å². The van der Waals surface area contributed by atoms with Gasteiger partial charge in [-0.15, -0.1) is 0 Å². The van der Waals surface area contributed by atoms with Crippen LogP contribution in [0.15, 0.2) is 41.3 Å². The van der Waals surface area contributed by atoms with Gasteiger partial charge in [0.05, 0.1) is 21.8 Å². The fourth-order valence-electron chi connectivity index (χ4n) is 2.29. The van der Waals surface area contributed by atoms with Crippen LogP contribution in [0.3, 0.4) is 0 Å². The molecule has 0 aliphatic heterocycles. The lowest BCUT2D eigenvalue weighted by Crippen LogP contribution is -2.11. The second-order valence-corrected chi connectivity index (χ2v) is 7.70. The number of para-hydroxylation sites is 1. The number of anilines is 2. The van der Waals surface area contributed by atoms with Crippen LogP contribution in [0.5, 0.6) is 0 Å². The van der Waals surface area contributed by atoms with Gasteiger partial charge in [-0.2, -0.15) is 13.2 Å². The molecule has 2 rings (SSSR count). The number of hydrogen-bond donors (Lipinski definition) is 1. The molecule has 4 nitrogen and oxygen atoms in total. The molecule has 0 aliphatic carbocycles. The minimum atomic E-state index is -4.62. The first-order valence-electron chi connectivity index (χ1n) is 6.89. The minimum absolute atomic E-state index is 0.0308. The summed E-state index contributed by atoms with van der Waals surface area (Å²) in [4.78, 5) is 11.1. The number of carbonyl (C=O) groups is 1. The summed E-state index contributed by atoms with van der Waals surface area (Å²) in [5.41, 5.74) is -1.01. The SMILES string of the molecule is Cc1cc(Nc2ccccc2C(F)(F)F)c(S(C)(=O)=O)cc1C(=O)Cl. The Balaban J connectivity index is 2.66. The van der Waals surface area contributed by atoms with Crippen molar-refractivity contribution in [2.24, 2.45) is 0 Å². The van der Waals surface area contributed by atoms with Crippen LogP contribution in [0.1, 0.15) is 21.5 Å². The third-order valence-corrected chi connectivity index (χ3v) is 4.78. The molecule has 0 atom stereocenters. The molecule has 0 saturated heterocycles. The van der Waals surface area contributed by atoms with Gasteiger partial charge < -0.3 is 5.32 Å². The van der Waals surface area contributed by atoms with E-state index in [4.69, 9.17) is 11.6 Å². The summed E-state index contributed by atoms with van der Waals surface area (Å²) in [6.45, 7) is 1.50. The first kappa shape index (κ1) is 19.3. The molecule has 0 fully saturated rings. The summed E-state index contributed by atoms with van der Waals surface area (Å²) in [5.74, 6) is 0. The first-order chi connectivity index (χ1) is 11.4. The number of alkyl halides is 3. The van der Waals surface area contributed by atoms with Crippen molar-refractivity contribution in [3.8, 4) is 0 Å².